The third-order valence-corrected chi connectivity index (χ3v) is 8.32. The summed E-state index contributed by atoms with van der Waals surface area (Å²) >= 11 is 2.74. The molecule has 5 rings (SSSR count). The average Bonchev–Trinajstić information content (AvgIpc) is 2.98. The standard InChI is InChI=1S/C19H22NO4S2/c1-20(2)12-9-11(10-13(20)17-16(12)24-17)23-18(21)19(22,14-5-3-7-25-14)15-6-4-8-26-15/h3-8,11-13,16-17,22H,9-10H2,1-2H3/q+1/t11-,12-,13+,16-,17?/m1/s1. The Morgan fingerprint density at radius 1 is 1.15 bits per heavy atom. The van der Waals surface area contributed by atoms with E-state index in [1.54, 1.807) is 12.1 Å². The molecule has 3 aliphatic heterocycles. The first-order chi connectivity index (χ1) is 12.4. The van der Waals surface area contributed by atoms with Crippen molar-refractivity contribution in [2.75, 3.05) is 14.1 Å². The van der Waals surface area contributed by atoms with Crippen LogP contribution in [0.15, 0.2) is 35.0 Å². The van der Waals surface area contributed by atoms with E-state index >= 15 is 0 Å². The van der Waals surface area contributed by atoms with E-state index in [9.17, 15) is 9.90 Å². The lowest BCUT2D eigenvalue weighted by Crippen LogP contribution is -2.60. The number of thiophene rings is 2. The molecule has 7 heteroatoms. The minimum Gasteiger partial charge on any atom is -0.459 e. The van der Waals surface area contributed by atoms with Gasteiger partial charge >= 0.3 is 5.97 Å². The number of nitrogens with zero attached hydrogens (tertiary/aromatic N) is 1. The number of esters is 1. The fourth-order valence-corrected chi connectivity index (χ4v) is 6.54. The molecule has 1 N–H and O–H groups in total. The van der Waals surface area contributed by atoms with Crippen molar-refractivity contribution in [1.29, 1.82) is 0 Å². The van der Waals surface area contributed by atoms with Gasteiger partial charge in [0.15, 0.2) is 0 Å². The fraction of sp³-hybridized carbons (Fsp3) is 0.526. The molecule has 26 heavy (non-hydrogen) atoms. The van der Waals surface area contributed by atoms with Gasteiger partial charge in [0.2, 0.25) is 5.60 Å². The zero-order valence-electron chi connectivity index (χ0n) is 14.7. The Morgan fingerprint density at radius 2 is 1.69 bits per heavy atom. The fourth-order valence-electron chi connectivity index (χ4n) is 4.83. The van der Waals surface area contributed by atoms with Crippen LogP contribution in [0.1, 0.15) is 22.6 Å². The third-order valence-electron chi connectivity index (χ3n) is 6.36. The van der Waals surface area contributed by atoms with Gasteiger partial charge in [0, 0.05) is 12.8 Å². The van der Waals surface area contributed by atoms with Crippen molar-refractivity contribution in [2.24, 2.45) is 0 Å². The summed E-state index contributed by atoms with van der Waals surface area (Å²) in [5.74, 6) is -0.561. The van der Waals surface area contributed by atoms with E-state index in [-0.39, 0.29) is 6.10 Å². The van der Waals surface area contributed by atoms with Crippen LogP contribution in [0, 0.1) is 0 Å². The van der Waals surface area contributed by atoms with Crippen molar-refractivity contribution in [3.63, 3.8) is 0 Å². The normalized spacial score (nSPS) is 34.3. The number of epoxide rings is 1. The van der Waals surface area contributed by atoms with Crippen molar-refractivity contribution in [3.05, 3.63) is 44.8 Å². The predicted molar refractivity (Wildman–Crippen MR) is 99.1 cm³/mol. The van der Waals surface area contributed by atoms with E-state index in [4.69, 9.17) is 9.47 Å². The smallest absolute Gasteiger partial charge is 0.349 e. The van der Waals surface area contributed by atoms with E-state index in [1.165, 1.54) is 22.7 Å². The third kappa shape index (κ3) is 2.28. The maximum atomic E-state index is 13.1. The topological polar surface area (TPSA) is 59.1 Å². The van der Waals surface area contributed by atoms with E-state index < -0.39 is 11.6 Å². The summed E-state index contributed by atoms with van der Waals surface area (Å²) in [5.41, 5.74) is -1.72. The molecule has 0 aliphatic carbocycles. The lowest BCUT2D eigenvalue weighted by molar-refractivity contribution is -0.938. The lowest BCUT2D eigenvalue weighted by atomic mass is 9.95. The van der Waals surface area contributed by atoms with E-state index in [0.717, 1.165) is 17.3 Å². The molecule has 138 valence electrons. The number of likely N-dealkylation sites (N-methyl/N-ethyl adjacent to an activating group) is 1. The number of ether oxygens (including phenoxy) is 2. The molecule has 5 nitrogen and oxygen atoms in total. The number of quaternary nitrogens is 1. The Kier molecular flexibility index (Phi) is 3.65. The van der Waals surface area contributed by atoms with Crippen LogP contribution in [-0.2, 0) is 19.9 Å². The van der Waals surface area contributed by atoms with Gasteiger partial charge in [0.25, 0.3) is 0 Å². The zero-order valence-corrected chi connectivity index (χ0v) is 16.3. The molecule has 1 unspecified atom stereocenters. The van der Waals surface area contributed by atoms with Crippen LogP contribution in [0.4, 0.5) is 0 Å². The van der Waals surface area contributed by atoms with Crippen LogP contribution in [0.3, 0.4) is 0 Å². The predicted octanol–water partition coefficient (Wildman–Crippen LogP) is 2.35. The molecule has 0 spiro atoms. The van der Waals surface area contributed by atoms with Gasteiger partial charge in [-0.3, -0.25) is 0 Å². The highest BCUT2D eigenvalue weighted by atomic mass is 32.1. The van der Waals surface area contributed by atoms with Gasteiger partial charge in [-0.05, 0) is 22.9 Å². The Balaban J connectivity index is 1.40. The molecule has 0 radical (unpaired) electrons. The summed E-state index contributed by atoms with van der Waals surface area (Å²) in [6.45, 7) is 0. The lowest BCUT2D eigenvalue weighted by Gasteiger charge is -2.45. The summed E-state index contributed by atoms with van der Waals surface area (Å²) in [6, 6.07) is 8.01. The number of hydrogen-bond donors (Lipinski definition) is 1. The number of piperidine rings is 1. The van der Waals surface area contributed by atoms with Crippen LogP contribution in [0.2, 0.25) is 0 Å². The Bertz CT molecular complexity index is 762. The minimum absolute atomic E-state index is 0.161. The molecule has 5 atom stereocenters. The molecule has 3 fully saturated rings. The highest BCUT2D eigenvalue weighted by Gasteiger charge is 2.71. The van der Waals surface area contributed by atoms with Gasteiger partial charge in [-0.1, -0.05) is 12.1 Å². The first kappa shape index (κ1) is 16.9. The number of hydrogen-bond acceptors (Lipinski definition) is 6. The number of carbonyl (C=O) groups excluding carboxylic acids is 1. The molecule has 2 aromatic heterocycles. The molecule has 0 amide bonds. The molecular weight excluding hydrogens is 370 g/mol. The van der Waals surface area contributed by atoms with Crippen LogP contribution in [0.25, 0.3) is 0 Å². The quantitative estimate of drug-likeness (QED) is 0.493. The van der Waals surface area contributed by atoms with E-state index in [0.29, 0.717) is 34.0 Å². The maximum absolute atomic E-state index is 13.1. The molecular formula is C19H22NO4S2+. The Morgan fingerprint density at radius 3 is 2.15 bits per heavy atom. The molecule has 5 heterocycles. The zero-order chi connectivity index (χ0) is 18.1. The summed E-state index contributed by atoms with van der Waals surface area (Å²) in [5, 5.41) is 15.1. The van der Waals surface area contributed by atoms with Gasteiger partial charge < -0.3 is 19.1 Å². The number of fused-ring (bicyclic) bond motifs is 5. The largest absolute Gasteiger partial charge is 0.459 e. The number of aliphatic hydroxyl groups is 1. The second-order valence-corrected chi connectivity index (χ2v) is 9.89. The SMILES string of the molecule is C[N+]1(C)[C@@H]2C[C@@H](OC(=O)C(O)(c3cccs3)c3cccs3)C[C@H]1C1O[C@@H]12. The first-order valence-corrected chi connectivity index (χ1v) is 10.7. The van der Waals surface area contributed by atoms with E-state index in [2.05, 4.69) is 14.1 Å². The van der Waals surface area contributed by atoms with E-state index in [1.807, 2.05) is 22.9 Å². The van der Waals surface area contributed by atoms with Crippen molar-refractivity contribution < 1.29 is 23.9 Å². The van der Waals surface area contributed by atoms with Crippen molar-refractivity contribution in [1.82, 2.24) is 0 Å². The van der Waals surface area contributed by atoms with Gasteiger partial charge in [-0.2, -0.15) is 0 Å². The molecule has 0 saturated carbocycles. The van der Waals surface area contributed by atoms with Crippen LogP contribution < -0.4 is 0 Å². The Labute approximate surface area is 160 Å². The monoisotopic (exact) mass is 392 g/mol. The van der Waals surface area contributed by atoms with Gasteiger partial charge in [0.05, 0.1) is 23.8 Å². The highest BCUT2D eigenvalue weighted by molar-refractivity contribution is 7.12. The summed E-state index contributed by atoms with van der Waals surface area (Å²) < 4.78 is 12.6. The molecule has 3 aliphatic rings. The van der Waals surface area contributed by atoms with Crippen LogP contribution >= 0.6 is 22.7 Å². The summed E-state index contributed by atoms with van der Waals surface area (Å²) in [6.07, 6.45) is 2.05. The maximum Gasteiger partial charge on any atom is 0.349 e. The van der Waals surface area contributed by atoms with Crippen LogP contribution in [-0.4, -0.2) is 60.0 Å². The highest BCUT2D eigenvalue weighted by Crippen LogP contribution is 2.52. The van der Waals surface area contributed by atoms with Gasteiger partial charge in [-0.25, -0.2) is 4.79 Å². The van der Waals surface area contributed by atoms with Crippen LogP contribution in [0.5, 0.6) is 0 Å². The summed E-state index contributed by atoms with van der Waals surface area (Å²) in [4.78, 5) is 14.3. The second-order valence-electron chi connectivity index (χ2n) is 7.99. The molecule has 0 aromatic carbocycles. The Hall–Kier alpha value is -1.25. The minimum atomic E-state index is -1.72. The molecule has 2 aromatic rings. The number of carbonyl (C=O) groups is 1. The van der Waals surface area contributed by atoms with Crippen molar-refractivity contribution in [3.8, 4) is 0 Å². The number of morpholine rings is 1. The summed E-state index contributed by atoms with van der Waals surface area (Å²) in [7, 11) is 4.49. The van der Waals surface area contributed by atoms with Gasteiger partial charge in [0.1, 0.15) is 30.4 Å². The van der Waals surface area contributed by atoms with Crippen molar-refractivity contribution in [2.45, 2.75) is 48.8 Å². The van der Waals surface area contributed by atoms with Crippen molar-refractivity contribution >= 4 is 28.6 Å². The number of rotatable bonds is 4. The average molecular weight is 393 g/mol. The molecule has 3 saturated heterocycles. The van der Waals surface area contributed by atoms with Gasteiger partial charge in [-0.15, -0.1) is 22.7 Å². The first-order valence-electron chi connectivity index (χ1n) is 8.92. The second kappa shape index (κ2) is 5.62. The molecule has 2 bridgehead atoms.